The van der Waals surface area contributed by atoms with Crippen LogP contribution in [0.3, 0.4) is 0 Å². The van der Waals surface area contributed by atoms with Gasteiger partial charge in [-0.1, -0.05) is 29.3 Å². The Bertz CT molecular complexity index is 578. The molecule has 1 aliphatic heterocycles. The Labute approximate surface area is 133 Å². The number of carbonyl (C=O) groups is 2. The molecule has 1 fully saturated rings. The third kappa shape index (κ3) is 4.22. The Balaban J connectivity index is 1.95. The number of benzene rings is 1. The van der Waals surface area contributed by atoms with Crippen molar-refractivity contribution in [2.45, 2.75) is 12.8 Å². The molecule has 0 atom stereocenters. The predicted octanol–water partition coefficient (Wildman–Crippen LogP) is 3.33. The lowest BCUT2D eigenvalue weighted by Crippen LogP contribution is -2.39. The van der Waals surface area contributed by atoms with Crippen molar-refractivity contribution in [3.05, 3.63) is 39.9 Å². The zero-order chi connectivity index (χ0) is 15.4. The molecule has 1 amide bonds. The van der Waals surface area contributed by atoms with Crippen LogP contribution in [0, 0.1) is 5.92 Å². The van der Waals surface area contributed by atoms with Gasteiger partial charge in [0.15, 0.2) is 0 Å². The quantitative estimate of drug-likeness (QED) is 0.866. The number of amides is 1. The van der Waals surface area contributed by atoms with Crippen LogP contribution in [0.15, 0.2) is 24.3 Å². The SMILES string of the molecule is O=C(O)C1CCN(C(=O)/C=C/c2ccc(Cl)cc2Cl)CC1. The van der Waals surface area contributed by atoms with E-state index in [4.69, 9.17) is 28.3 Å². The van der Waals surface area contributed by atoms with Gasteiger partial charge in [-0.3, -0.25) is 9.59 Å². The summed E-state index contributed by atoms with van der Waals surface area (Å²) in [6, 6.07) is 5.06. The van der Waals surface area contributed by atoms with Crippen LogP contribution in [0.1, 0.15) is 18.4 Å². The molecule has 0 aromatic heterocycles. The van der Waals surface area contributed by atoms with Gasteiger partial charge < -0.3 is 10.0 Å². The molecule has 2 rings (SSSR count). The number of carboxylic acid groups (broad SMARTS) is 1. The zero-order valence-electron chi connectivity index (χ0n) is 11.3. The van der Waals surface area contributed by atoms with Gasteiger partial charge in [-0.2, -0.15) is 0 Å². The van der Waals surface area contributed by atoms with Crippen LogP contribution in [0.4, 0.5) is 0 Å². The maximum absolute atomic E-state index is 12.0. The first-order valence-electron chi connectivity index (χ1n) is 6.62. The van der Waals surface area contributed by atoms with E-state index in [-0.39, 0.29) is 11.8 Å². The van der Waals surface area contributed by atoms with Gasteiger partial charge in [0.05, 0.1) is 5.92 Å². The molecule has 0 spiro atoms. The van der Waals surface area contributed by atoms with Gasteiger partial charge in [-0.15, -0.1) is 0 Å². The van der Waals surface area contributed by atoms with Crippen molar-refractivity contribution >= 4 is 41.2 Å². The molecule has 1 aliphatic rings. The van der Waals surface area contributed by atoms with Crippen LogP contribution in [0.2, 0.25) is 10.0 Å². The van der Waals surface area contributed by atoms with Gasteiger partial charge in [0.25, 0.3) is 0 Å². The van der Waals surface area contributed by atoms with E-state index in [1.54, 1.807) is 29.2 Å². The molecule has 1 aromatic carbocycles. The maximum atomic E-state index is 12.0. The second-order valence-corrected chi connectivity index (χ2v) is 5.78. The number of hydrogen-bond acceptors (Lipinski definition) is 2. The summed E-state index contributed by atoms with van der Waals surface area (Å²) < 4.78 is 0. The first-order chi connectivity index (χ1) is 9.97. The Morgan fingerprint density at radius 1 is 1.24 bits per heavy atom. The normalized spacial score (nSPS) is 16.4. The molecule has 4 nitrogen and oxygen atoms in total. The standard InChI is InChI=1S/C15H15Cl2NO3/c16-12-3-1-10(13(17)9-12)2-4-14(19)18-7-5-11(6-8-18)15(20)21/h1-4,9,11H,5-8H2,(H,20,21)/b4-2+. The molecule has 112 valence electrons. The van der Waals surface area contributed by atoms with E-state index in [9.17, 15) is 9.59 Å². The van der Waals surface area contributed by atoms with E-state index in [1.165, 1.54) is 6.08 Å². The van der Waals surface area contributed by atoms with E-state index >= 15 is 0 Å². The monoisotopic (exact) mass is 327 g/mol. The molecule has 1 heterocycles. The zero-order valence-corrected chi connectivity index (χ0v) is 12.8. The van der Waals surface area contributed by atoms with E-state index < -0.39 is 5.97 Å². The summed E-state index contributed by atoms with van der Waals surface area (Å²) >= 11 is 11.8. The summed E-state index contributed by atoms with van der Waals surface area (Å²) in [5, 5.41) is 9.95. The first kappa shape index (κ1) is 15.9. The Hall–Kier alpha value is -1.52. The van der Waals surface area contributed by atoms with Crippen LogP contribution in [0.25, 0.3) is 6.08 Å². The summed E-state index contributed by atoms with van der Waals surface area (Å²) in [4.78, 5) is 24.6. The number of halogens is 2. The van der Waals surface area contributed by atoms with Crippen molar-refractivity contribution in [1.29, 1.82) is 0 Å². The van der Waals surface area contributed by atoms with Gasteiger partial charge >= 0.3 is 5.97 Å². The minimum Gasteiger partial charge on any atom is -0.481 e. The van der Waals surface area contributed by atoms with E-state index in [1.807, 2.05) is 0 Å². The van der Waals surface area contributed by atoms with E-state index in [2.05, 4.69) is 0 Å². The number of aliphatic carboxylic acids is 1. The van der Waals surface area contributed by atoms with Crippen LogP contribution < -0.4 is 0 Å². The lowest BCUT2D eigenvalue weighted by molar-refractivity contribution is -0.144. The second kappa shape index (κ2) is 6.96. The van der Waals surface area contributed by atoms with Gasteiger partial charge in [-0.25, -0.2) is 0 Å². The van der Waals surface area contributed by atoms with Crippen molar-refractivity contribution in [3.8, 4) is 0 Å². The van der Waals surface area contributed by atoms with E-state index in [0.29, 0.717) is 36.0 Å². The molecule has 0 aliphatic carbocycles. The highest BCUT2D eigenvalue weighted by Gasteiger charge is 2.25. The molecule has 6 heteroatoms. The fraction of sp³-hybridized carbons (Fsp3) is 0.333. The third-order valence-corrected chi connectivity index (χ3v) is 4.09. The fourth-order valence-electron chi connectivity index (χ4n) is 2.25. The smallest absolute Gasteiger partial charge is 0.306 e. The van der Waals surface area contributed by atoms with Crippen LogP contribution >= 0.6 is 23.2 Å². The highest BCUT2D eigenvalue weighted by molar-refractivity contribution is 6.35. The minimum atomic E-state index is -0.786. The fourth-order valence-corrected chi connectivity index (χ4v) is 2.72. The average molecular weight is 328 g/mol. The molecule has 1 aromatic rings. The molecule has 21 heavy (non-hydrogen) atoms. The van der Waals surface area contributed by atoms with Crippen molar-refractivity contribution in [2.24, 2.45) is 5.92 Å². The molecular weight excluding hydrogens is 313 g/mol. The van der Waals surface area contributed by atoms with Crippen LogP contribution in [-0.4, -0.2) is 35.0 Å². The van der Waals surface area contributed by atoms with Gasteiger partial charge in [0.2, 0.25) is 5.91 Å². The first-order valence-corrected chi connectivity index (χ1v) is 7.38. The Kier molecular flexibility index (Phi) is 5.26. The average Bonchev–Trinajstić information content (AvgIpc) is 2.46. The van der Waals surface area contributed by atoms with E-state index in [0.717, 1.165) is 5.56 Å². The second-order valence-electron chi connectivity index (χ2n) is 4.94. The highest BCUT2D eigenvalue weighted by atomic mass is 35.5. The largest absolute Gasteiger partial charge is 0.481 e. The number of hydrogen-bond donors (Lipinski definition) is 1. The molecule has 0 saturated carbocycles. The highest BCUT2D eigenvalue weighted by Crippen LogP contribution is 2.22. The number of likely N-dealkylation sites (tertiary alicyclic amines) is 1. The maximum Gasteiger partial charge on any atom is 0.306 e. The minimum absolute atomic E-state index is 0.134. The Morgan fingerprint density at radius 2 is 1.90 bits per heavy atom. The van der Waals surface area contributed by atoms with Crippen molar-refractivity contribution in [1.82, 2.24) is 4.90 Å². The molecule has 1 N–H and O–H groups in total. The molecule has 0 bridgehead atoms. The molecular formula is C15H15Cl2NO3. The van der Waals surface area contributed by atoms with Crippen LogP contribution in [0.5, 0.6) is 0 Å². The summed E-state index contributed by atoms with van der Waals surface area (Å²) in [6.07, 6.45) is 4.09. The molecule has 1 saturated heterocycles. The lowest BCUT2D eigenvalue weighted by Gasteiger charge is -2.29. The number of carbonyl (C=O) groups excluding carboxylic acids is 1. The number of piperidine rings is 1. The summed E-state index contributed by atoms with van der Waals surface area (Å²) in [6.45, 7) is 0.934. The third-order valence-electron chi connectivity index (χ3n) is 3.52. The van der Waals surface area contributed by atoms with Crippen molar-refractivity contribution in [2.75, 3.05) is 13.1 Å². The summed E-state index contributed by atoms with van der Waals surface area (Å²) in [7, 11) is 0. The lowest BCUT2D eigenvalue weighted by atomic mass is 9.97. The summed E-state index contributed by atoms with van der Waals surface area (Å²) in [5.41, 5.74) is 0.717. The number of carboxylic acids is 1. The molecule has 0 radical (unpaired) electrons. The van der Waals surface area contributed by atoms with Gasteiger partial charge in [0.1, 0.15) is 0 Å². The summed E-state index contributed by atoms with van der Waals surface area (Å²) in [5.74, 6) is -1.26. The van der Waals surface area contributed by atoms with Gasteiger partial charge in [0, 0.05) is 29.2 Å². The van der Waals surface area contributed by atoms with Gasteiger partial charge in [-0.05, 0) is 36.6 Å². The number of nitrogens with zero attached hydrogens (tertiary/aromatic N) is 1. The van der Waals surface area contributed by atoms with Crippen molar-refractivity contribution in [3.63, 3.8) is 0 Å². The predicted molar refractivity (Wildman–Crippen MR) is 82.4 cm³/mol. The molecule has 0 unspecified atom stereocenters. The number of rotatable bonds is 3. The van der Waals surface area contributed by atoms with Crippen LogP contribution in [-0.2, 0) is 9.59 Å². The van der Waals surface area contributed by atoms with Crippen molar-refractivity contribution < 1.29 is 14.7 Å². The Morgan fingerprint density at radius 3 is 2.48 bits per heavy atom. The topological polar surface area (TPSA) is 57.6 Å².